The van der Waals surface area contributed by atoms with Crippen molar-refractivity contribution in [1.29, 1.82) is 0 Å². The van der Waals surface area contributed by atoms with Crippen LogP contribution in [0.1, 0.15) is 54.5 Å². The Morgan fingerprint density at radius 1 is 1.07 bits per heavy atom. The summed E-state index contributed by atoms with van der Waals surface area (Å²) >= 11 is 0. The minimum absolute atomic E-state index is 0.0555. The summed E-state index contributed by atoms with van der Waals surface area (Å²) < 4.78 is 0. The highest BCUT2D eigenvalue weighted by atomic mass is 16.2. The van der Waals surface area contributed by atoms with Crippen LogP contribution in [0, 0.1) is 18.8 Å². The number of aromatic nitrogens is 2. The molecule has 0 spiro atoms. The zero-order chi connectivity index (χ0) is 20.2. The Kier molecular flexibility index (Phi) is 6.12. The highest BCUT2D eigenvalue weighted by Crippen LogP contribution is 2.25. The summed E-state index contributed by atoms with van der Waals surface area (Å²) in [6.45, 7) is 7.82. The number of amides is 1. The fourth-order valence-electron chi connectivity index (χ4n) is 4.67. The second-order valence-corrected chi connectivity index (χ2v) is 8.78. The molecule has 2 fully saturated rings. The quantitative estimate of drug-likeness (QED) is 0.785. The third kappa shape index (κ3) is 4.95. The molecule has 3 heterocycles. The normalized spacial score (nSPS) is 20.7. The lowest BCUT2D eigenvalue weighted by molar-refractivity contribution is 0.0684. The molecule has 2 aliphatic heterocycles. The number of nitrogens with zero attached hydrogens (tertiary/aromatic N) is 4. The molecule has 1 amide bonds. The van der Waals surface area contributed by atoms with Gasteiger partial charge in [0.05, 0.1) is 0 Å². The van der Waals surface area contributed by atoms with E-state index in [1.54, 1.807) is 0 Å². The number of piperidine rings is 2. The maximum absolute atomic E-state index is 13.1. The minimum Gasteiger partial charge on any atom is -0.356 e. The predicted molar refractivity (Wildman–Crippen MR) is 116 cm³/mol. The van der Waals surface area contributed by atoms with Gasteiger partial charge in [-0.15, -0.1) is 0 Å². The third-order valence-corrected chi connectivity index (χ3v) is 6.29. The van der Waals surface area contributed by atoms with Crippen molar-refractivity contribution < 1.29 is 4.79 Å². The Morgan fingerprint density at radius 3 is 2.55 bits per heavy atom. The van der Waals surface area contributed by atoms with E-state index < -0.39 is 0 Å². The van der Waals surface area contributed by atoms with Crippen molar-refractivity contribution in [2.45, 2.75) is 46.0 Å². The van der Waals surface area contributed by atoms with Gasteiger partial charge in [0.25, 0.3) is 5.91 Å². The molecule has 1 atom stereocenters. The SMILES string of the molecule is Cc1nc(C(=O)N2CCC(Cc3ccccc3)CC2)cc(N2CCCC(C)C2)n1. The second-order valence-electron chi connectivity index (χ2n) is 8.78. The molecule has 0 N–H and O–H groups in total. The van der Waals surface area contributed by atoms with Gasteiger partial charge in [-0.2, -0.15) is 0 Å². The van der Waals surface area contributed by atoms with Crippen LogP contribution >= 0.6 is 0 Å². The van der Waals surface area contributed by atoms with Gasteiger partial charge < -0.3 is 9.80 Å². The average molecular weight is 393 g/mol. The minimum atomic E-state index is 0.0555. The molecule has 0 saturated carbocycles. The molecule has 0 aliphatic carbocycles. The lowest BCUT2D eigenvalue weighted by Crippen LogP contribution is -2.40. The number of anilines is 1. The molecular formula is C24H32N4O. The standard InChI is InChI=1S/C24H32N4O/c1-18-7-6-12-28(17-18)23-16-22(25-19(2)26-23)24(29)27-13-10-21(11-14-27)15-20-8-4-3-5-9-20/h3-5,8-9,16,18,21H,6-7,10-15,17H2,1-2H3. The largest absolute Gasteiger partial charge is 0.356 e. The van der Waals surface area contributed by atoms with Crippen molar-refractivity contribution in [3.8, 4) is 0 Å². The molecule has 0 radical (unpaired) electrons. The maximum Gasteiger partial charge on any atom is 0.272 e. The van der Waals surface area contributed by atoms with Crippen LogP contribution in [0.4, 0.5) is 5.82 Å². The number of hydrogen-bond donors (Lipinski definition) is 0. The van der Waals surface area contributed by atoms with E-state index in [1.807, 2.05) is 17.9 Å². The van der Waals surface area contributed by atoms with Crippen LogP contribution < -0.4 is 4.90 Å². The molecule has 1 unspecified atom stereocenters. The summed E-state index contributed by atoms with van der Waals surface area (Å²) in [5.74, 6) is 2.97. The van der Waals surface area contributed by atoms with E-state index in [2.05, 4.69) is 52.1 Å². The lowest BCUT2D eigenvalue weighted by Gasteiger charge is -2.33. The first kappa shape index (κ1) is 19.9. The van der Waals surface area contributed by atoms with Crippen molar-refractivity contribution in [1.82, 2.24) is 14.9 Å². The summed E-state index contributed by atoms with van der Waals surface area (Å²) in [5.41, 5.74) is 1.94. The molecule has 2 aromatic rings. The lowest BCUT2D eigenvalue weighted by atomic mass is 9.90. The summed E-state index contributed by atoms with van der Waals surface area (Å²) in [5, 5.41) is 0. The van der Waals surface area contributed by atoms with Crippen LogP contribution in [0.5, 0.6) is 0 Å². The maximum atomic E-state index is 13.1. The van der Waals surface area contributed by atoms with Crippen LogP contribution in [0.15, 0.2) is 36.4 Å². The first-order valence-corrected chi connectivity index (χ1v) is 11.0. The summed E-state index contributed by atoms with van der Waals surface area (Å²) in [6.07, 6.45) is 5.67. The van der Waals surface area contributed by atoms with Crippen molar-refractivity contribution in [2.75, 3.05) is 31.1 Å². The topological polar surface area (TPSA) is 49.3 Å². The number of benzene rings is 1. The van der Waals surface area contributed by atoms with Gasteiger partial charge in [0.1, 0.15) is 17.3 Å². The molecule has 1 aromatic carbocycles. The van der Waals surface area contributed by atoms with Crippen LogP contribution in [-0.2, 0) is 6.42 Å². The van der Waals surface area contributed by atoms with E-state index >= 15 is 0 Å². The number of likely N-dealkylation sites (tertiary alicyclic amines) is 1. The summed E-state index contributed by atoms with van der Waals surface area (Å²) in [4.78, 5) is 26.5. The van der Waals surface area contributed by atoms with Crippen molar-refractivity contribution in [3.63, 3.8) is 0 Å². The van der Waals surface area contributed by atoms with Crippen molar-refractivity contribution in [3.05, 3.63) is 53.5 Å². The van der Waals surface area contributed by atoms with Gasteiger partial charge in [0.15, 0.2) is 0 Å². The van der Waals surface area contributed by atoms with Crippen LogP contribution in [0.3, 0.4) is 0 Å². The van der Waals surface area contributed by atoms with E-state index in [1.165, 1.54) is 18.4 Å². The molecule has 0 bridgehead atoms. The Balaban J connectivity index is 1.39. The number of aryl methyl sites for hydroxylation is 1. The molecule has 1 aromatic heterocycles. The van der Waals surface area contributed by atoms with Gasteiger partial charge in [-0.05, 0) is 56.4 Å². The Morgan fingerprint density at radius 2 is 1.83 bits per heavy atom. The van der Waals surface area contributed by atoms with Crippen molar-refractivity contribution in [2.24, 2.45) is 11.8 Å². The van der Waals surface area contributed by atoms with E-state index in [4.69, 9.17) is 0 Å². The highest BCUT2D eigenvalue weighted by molar-refractivity contribution is 5.93. The number of carbonyl (C=O) groups excluding carboxylic acids is 1. The first-order valence-electron chi connectivity index (χ1n) is 11.0. The molecule has 4 rings (SSSR count). The van der Waals surface area contributed by atoms with Gasteiger partial charge in [-0.25, -0.2) is 9.97 Å². The molecule has 5 heteroatoms. The fourth-order valence-corrected chi connectivity index (χ4v) is 4.67. The molecule has 5 nitrogen and oxygen atoms in total. The van der Waals surface area contributed by atoms with Gasteiger partial charge in [0, 0.05) is 32.2 Å². The van der Waals surface area contributed by atoms with Crippen molar-refractivity contribution >= 4 is 11.7 Å². The molecule has 2 aliphatic rings. The second kappa shape index (κ2) is 8.93. The summed E-state index contributed by atoms with van der Waals surface area (Å²) in [6, 6.07) is 12.6. The van der Waals surface area contributed by atoms with E-state index in [0.717, 1.165) is 51.3 Å². The van der Waals surface area contributed by atoms with Gasteiger partial charge in [-0.1, -0.05) is 37.3 Å². The number of rotatable bonds is 4. The predicted octanol–water partition coefficient (Wildman–Crippen LogP) is 4.12. The van der Waals surface area contributed by atoms with Crippen LogP contribution in [0.25, 0.3) is 0 Å². The van der Waals surface area contributed by atoms with Gasteiger partial charge in [-0.3, -0.25) is 4.79 Å². The Hall–Kier alpha value is -2.43. The fraction of sp³-hybridized carbons (Fsp3) is 0.542. The molecular weight excluding hydrogens is 360 g/mol. The molecule has 2 saturated heterocycles. The first-order chi connectivity index (χ1) is 14.1. The Bertz CT molecular complexity index is 830. The van der Waals surface area contributed by atoms with Gasteiger partial charge in [0.2, 0.25) is 0 Å². The van der Waals surface area contributed by atoms with Gasteiger partial charge >= 0.3 is 0 Å². The molecule has 29 heavy (non-hydrogen) atoms. The van der Waals surface area contributed by atoms with E-state index in [9.17, 15) is 4.79 Å². The number of carbonyl (C=O) groups is 1. The van der Waals surface area contributed by atoms with E-state index in [-0.39, 0.29) is 5.91 Å². The number of hydrogen-bond acceptors (Lipinski definition) is 4. The highest BCUT2D eigenvalue weighted by Gasteiger charge is 2.26. The van der Waals surface area contributed by atoms with Crippen LogP contribution in [0.2, 0.25) is 0 Å². The smallest absolute Gasteiger partial charge is 0.272 e. The third-order valence-electron chi connectivity index (χ3n) is 6.29. The zero-order valence-corrected chi connectivity index (χ0v) is 17.7. The van der Waals surface area contributed by atoms with E-state index in [0.29, 0.717) is 23.4 Å². The zero-order valence-electron chi connectivity index (χ0n) is 17.7. The Labute approximate surface area is 174 Å². The summed E-state index contributed by atoms with van der Waals surface area (Å²) in [7, 11) is 0. The molecule has 154 valence electrons. The monoisotopic (exact) mass is 392 g/mol. The van der Waals surface area contributed by atoms with Crippen LogP contribution in [-0.4, -0.2) is 47.0 Å². The average Bonchev–Trinajstić information content (AvgIpc) is 2.74.